The Balaban J connectivity index is 1.60. The fourth-order valence-electron chi connectivity index (χ4n) is 4.08. The minimum atomic E-state index is 0.326. The number of nitrogens with one attached hydrogen (secondary N) is 1. The molecule has 31 heavy (non-hydrogen) atoms. The molecule has 0 amide bonds. The third-order valence-corrected chi connectivity index (χ3v) is 5.79. The molecular formula is C23H25N5O3. The number of aromatic nitrogens is 4. The number of hydrogen-bond acceptors (Lipinski definition) is 7. The van der Waals surface area contributed by atoms with Crippen LogP contribution in [-0.4, -0.2) is 53.3 Å². The molecule has 0 atom stereocenters. The zero-order valence-corrected chi connectivity index (χ0v) is 17.9. The van der Waals surface area contributed by atoms with Gasteiger partial charge in [-0.1, -0.05) is 0 Å². The number of piperidine rings is 1. The Morgan fingerprint density at radius 2 is 1.94 bits per heavy atom. The van der Waals surface area contributed by atoms with E-state index in [0.29, 0.717) is 23.3 Å². The molecule has 8 heteroatoms. The highest BCUT2D eigenvalue weighted by molar-refractivity contribution is 5.89. The van der Waals surface area contributed by atoms with Crippen LogP contribution in [0.2, 0.25) is 0 Å². The van der Waals surface area contributed by atoms with Gasteiger partial charge >= 0.3 is 0 Å². The van der Waals surface area contributed by atoms with Crippen LogP contribution in [0.3, 0.4) is 0 Å². The molecule has 1 saturated heterocycles. The zero-order valence-electron chi connectivity index (χ0n) is 17.9. The molecule has 0 saturated carbocycles. The van der Waals surface area contributed by atoms with E-state index in [1.165, 1.54) is 0 Å². The molecule has 1 aromatic carbocycles. The highest BCUT2D eigenvalue weighted by Gasteiger charge is 2.21. The van der Waals surface area contributed by atoms with Crippen LogP contribution in [0.25, 0.3) is 34.0 Å². The van der Waals surface area contributed by atoms with Crippen molar-refractivity contribution in [3.63, 3.8) is 0 Å². The van der Waals surface area contributed by atoms with Crippen molar-refractivity contribution >= 4 is 16.9 Å². The first kappa shape index (κ1) is 19.6. The van der Waals surface area contributed by atoms with Crippen molar-refractivity contribution in [1.82, 2.24) is 19.9 Å². The molecule has 1 fully saturated rings. The highest BCUT2D eigenvalue weighted by atomic mass is 16.5. The van der Waals surface area contributed by atoms with Crippen LogP contribution < -0.4 is 9.64 Å². The number of fused-ring (bicyclic) bond motifs is 1. The van der Waals surface area contributed by atoms with Gasteiger partial charge in [0.25, 0.3) is 0 Å². The van der Waals surface area contributed by atoms with E-state index in [9.17, 15) is 0 Å². The number of furan rings is 1. The molecule has 8 nitrogen and oxygen atoms in total. The Morgan fingerprint density at radius 1 is 1.10 bits per heavy atom. The van der Waals surface area contributed by atoms with Crippen molar-refractivity contribution in [1.29, 1.82) is 0 Å². The van der Waals surface area contributed by atoms with E-state index in [1.807, 2.05) is 25.1 Å². The van der Waals surface area contributed by atoms with Crippen molar-refractivity contribution in [3.8, 4) is 28.6 Å². The summed E-state index contributed by atoms with van der Waals surface area (Å²) in [6, 6.07) is 9.99. The quantitative estimate of drug-likeness (QED) is 0.518. The van der Waals surface area contributed by atoms with E-state index in [-0.39, 0.29) is 0 Å². The van der Waals surface area contributed by atoms with Crippen molar-refractivity contribution in [2.24, 2.45) is 0 Å². The van der Waals surface area contributed by atoms with E-state index in [1.54, 1.807) is 20.5 Å². The summed E-state index contributed by atoms with van der Waals surface area (Å²) in [5.41, 5.74) is 4.18. The molecule has 0 radical (unpaired) electrons. The first-order chi connectivity index (χ1) is 15.1. The van der Waals surface area contributed by atoms with Crippen LogP contribution in [0.15, 0.2) is 41.1 Å². The van der Waals surface area contributed by atoms with Crippen molar-refractivity contribution in [2.45, 2.75) is 25.9 Å². The van der Waals surface area contributed by atoms with Crippen LogP contribution in [0.1, 0.15) is 18.6 Å². The summed E-state index contributed by atoms with van der Waals surface area (Å²) in [5.74, 6) is 2.72. The number of imidazole rings is 1. The SMILES string of the molecule is COc1cc(-c2nc(-c3ccc(C)o3)nc3nc[nH]c23)cc(N2CCC(OC)CC2)c1. The van der Waals surface area contributed by atoms with Gasteiger partial charge in [0.1, 0.15) is 22.7 Å². The van der Waals surface area contributed by atoms with Crippen LogP contribution in [0.4, 0.5) is 5.69 Å². The van der Waals surface area contributed by atoms with Gasteiger partial charge in [0.2, 0.25) is 0 Å². The summed E-state index contributed by atoms with van der Waals surface area (Å²) >= 11 is 0. The van der Waals surface area contributed by atoms with E-state index in [2.05, 4.69) is 32.0 Å². The number of anilines is 1. The van der Waals surface area contributed by atoms with Crippen molar-refractivity contribution in [3.05, 3.63) is 42.4 Å². The van der Waals surface area contributed by atoms with E-state index >= 15 is 0 Å². The Kier molecular flexibility index (Phi) is 5.07. The van der Waals surface area contributed by atoms with Crippen molar-refractivity contribution < 1.29 is 13.9 Å². The average molecular weight is 419 g/mol. The molecule has 1 aliphatic rings. The maximum atomic E-state index is 5.76. The van der Waals surface area contributed by atoms with Gasteiger partial charge in [0.15, 0.2) is 17.2 Å². The number of ether oxygens (including phenoxy) is 2. The lowest BCUT2D eigenvalue weighted by Gasteiger charge is -2.33. The molecule has 1 N–H and O–H groups in total. The molecule has 0 unspecified atom stereocenters. The van der Waals surface area contributed by atoms with Gasteiger partial charge in [0, 0.05) is 37.5 Å². The fraction of sp³-hybridized carbons (Fsp3) is 0.348. The summed E-state index contributed by atoms with van der Waals surface area (Å²) in [6.07, 6.45) is 3.97. The van der Waals surface area contributed by atoms with Crippen LogP contribution in [0.5, 0.6) is 5.75 Å². The van der Waals surface area contributed by atoms with E-state index < -0.39 is 0 Å². The van der Waals surface area contributed by atoms with Gasteiger partial charge in [-0.25, -0.2) is 15.0 Å². The number of methoxy groups -OCH3 is 2. The van der Waals surface area contributed by atoms with E-state index in [4.69, 9.17) is 18.9 Å². The minimum absolute atomic E-state index is 0.326. The number of hydrogen-bond donors (Lipinski definition) is 1. The summed E-state index contributed by atoms with van der Waals surface area (Å²) in [5, 5.41) is 0. The van der Waals surface area contributed by atoms with E-state index in [0.717, 1.165) is 59.9 Å². The van der Waals surface area contributed by atoms with Gasteiger partial charge in [0.05, 0.1) is 19.5 Å². The first-order valence-corrected chi connectivity index (χ1v) is 10.4. The van der Waals surface area contributed by atoms with Crippen LogP contribution in [-0.2, 0) is 4.74 Å². The predicted octanol–water partition coefficient (Wildman–Crippen LogP) is 4.21. The third-order valence-electron chi connectivity index (χ3n) is 5.79. The maximum absolute atomic E-state index is 5.76. The minimum Gasteiger partial charge on any atom is -0.497 e. The summed E-state index contributed by atoms with van der Waals surface area (Å²) in [7, 11) is 3.47. The maximum Gasteiger partial charge on any atom is 0.198 e. The topological polar surface area (TPSA) is 89.3 Å². The lowest BCUT2D eigenvalue weighted by molar-refractivity contribution is 0.0819. The molecule has 4 heterocycles. The fourth-order valence-corrected chi connectivity index (χ4v) is 4.08. The second-order valence-electron chi connectivity index (χ2n) is 7.75. The number of H-pyrrole nitrogens is 1. The summed E-state index contributed by atoms with van der Waals surface area (Å²) in [4.78, 5) is 19.3. The van der Waals surface area contributed by atoms with Crippen molar-refractivity contribution in [2.75, 3.05) is 32.2 Å². The largest absolute Gasteiger partial charge is 0.497 e. The highest BCUT2D eigenvalue weighted by Crippen LogP contribution is 2.34. The number of aromatic amines is 1. The van der Waals surface area contributed by atoms with Gasteiger partial charge in [-0.2, -0.15) is 0 Å². The molecule has 0 bridgehead atoms. The molecule has 5 rings (SSSR count). The predicted molar refractivity (Wildman–Crippen MR) is 118 cm³/mol. The number of nitrogens with zero attached hydrogens (tertiary/aromatic N) is 4. The molecule has 3 aromatic heterocycles. The molecule has 4 aromatic rings. The first-order valence-electron chi connectivity index (χ1n) is 10.4. The second-order valence-corrected chi connectivity index (χ2v) is 7.75. The Labute approximate surface area is 180 Å². The normalized spacial score (nSPS) is 15.0. The second kappa shape index (κ2) is 8.03. The monoisotopic (exact) mass is 419 g/mol. The van der Waals surface area contributed by atoms with Crippen LogP contribution >= 0.6 is 0 Å². The van der Waals surface area contributed by atoms with Gasteiger partial charge in [-0.3, -0.25) is 0 Å². The lowest BCUT2D eigenvalue weighted by Crippen LogP contribution is -2.36. The molecule has 160 valence electrons. The Hall–Kier alpha value is -3.39. The number of rotatable bonds is 5. The summed E-state index contributed by atoms with van der Waals surface area (Å²) in [6.45, 7) is 3.77. The molecular weight excluding hydrogens is 394 g/mol. The number of benzene rings is 1. The molecule has 1 aliphatic heterocycles. The van der Waals surface area contributed by atoms with Crippen LogP contribution in [0, 0.1) is 6.92 Å². The average Bonchev–Trinajstić information content (AvgIpc) is 3.47. The molecule has 0 aliphatic carbocycles. The summed E-state index contributed by atoms with van der Waals surface area (Å²) < 4.78 is 16.9. The third kappa shape index (κ3) is 3.74. The Morgan fingerprint density at radius 3 is 2.65 bits per heavy atom. The zero-order chi connectivity index (χ0) is 21.4. The van der Waals surface area contributed by atoms with Gasteiger partial charge in [-0.15, -0.1) is 0 Å². The van der Waals surface area contributed by atoms with Gasteiger partial charge < -0.3 is 23.8 Å². The number of aryl methyl sites for hydroxylation is 1. The molecule has 0 spiro atoms. The van der Waals surface area contributed by atoms with Gasteiger partial charge in [-0.05, 0) is 44.0 Å². The lowest BCUT2D eigenvalue weighted by atomic mass is 10.0. The smallest absolute Gasteiger partial charge is 0.198 e. The standard InChI is InChI=1S/C23H25N5O3/c1-14-4-5-19(31-14)22-26-20(21-23(27-22)25-13-24-21)15-10-16(12-18(11-15)30-3)28-8-6-17(29-2)7-9-28/h4-5,10-13,17H,6-9H2,1-3H3,(H,24,25,26,27). The Bertz CT molecular complexity index is 1210.